The van der Waals surface area contributed by atoms with E-state index in [1.54, 1.807) is 42.5 Å². The molecule has 0 atom stereocenters. The molecule has 0 aliphatic rings. The van der Waals surface area contributed by atoms with Gasteiger partial charge in [-0.25, -0.2) is 4.39 Å². The van der Waals surface area contributed by atoms with Gasteiger partial charge in [0.05, 0.1) is 0 Å². The molecule has 1 N–H and O–H groups in total. The summed E-state index contributed by atoms with van der Waals surface area (Å²) in [5, 5.41) is 2.70. The molecule has 0 aliphatic heterocycles. The van der Waals surface area contributed by atoms with Gasteiger partial charge in [0.25, 0.3) is 0 Å². The van der Waals surface area contributed by atoms with E-state index in [1.165, 1.54) is 18.2 Å². The standard InChI is InChI=1S/C17H12FNO/c1-2-13-4-3-5-16(12-13)19-17(20)11-8-14-6-9-15(18)10-7-14/h1,3-12H,(H,19,20)/b11-8+. The number of terminal acetylenes is 1. The molecule has 0 aliphatic carbocycles. The predicted molar refractivity (Wildman–Crippen MR) is 78.4 cm³/mol. The fraction of sp³-hybridized carbons (Fsp3) is 0. The largest absolute Gasteiger partial charge is 0.322 e. The molecule has 20 heavy (non-hydrogen) atoms. The zero-order chi connectivity index (χ0) is 14.4. The summed E-state index contributed by atoms with van der Waals surface area (Å²) < 4.78 is 12.7. The van der Waals surface area contributed by atoms with Crippen LogP contribution in [0.5, 0.6) is 0 Å². The van der Waals surface area contributed by atoms with Crippen LogP contribution in [0, 0.1) is 18.2 Å². The number of halogens is 1. The molecule has 2 rings (SSSR count). The fourth-order valence-corrected chi connectivity index (χ4v) is 1.62. The van der Waals surface area contributed by atoms with E-state index < -0.39 is 0 Å². The minimum atomic E-state index is -0.308. The van der Waals surface area contributed by atoms with Crippen molar-refractivity contribution in [1.82, 2.24) is 0 Å². The zero-order valence-corrected chi connectivity index (χ0v) is 10.6. The summed E-state index contributed by atoms with van der Waals surface area (Å²) in [4.78, 5) is 11.7. The van der Waals surface area contributed by atoms with Crippen LogP contribution in [0.2, 0.25) is 0 Å². The van der Waals surface area contributed by atoms with Gasteiger partial charge in [0.1, 0.15) is 5.82 Å². The Kier molecular flexibility index (Phi) is 4.31. The first-order valence-corrected chi connectivity index (χ1v) is 5.99. The van der Waals surface area contributed by atoms with Crippen LogP contribution in [0.25, 0.3) is 6.08 Å². The Balaban J connectivity index is 2.02. The van der Waals surface area contributed by atoms with Gasteiger partial charge >= 0.3 is 0 Å². The summed E-state index contributed by atoms with van der Waals surface area (Å²) in [6, 6.07) is 12.9. The maximum Gasteiger partial charge on any atom is 0.248 e. The summed E-state index contributed by atoms with van der Waals surface area (Å²) in [7, 11) is 0. The number of anilines is 1. The maximum atomic E-state index is 12.7. The quantitative estimate of drug-likeness (QED) is 0.668. The highest BCUT2D eigenvalue weighted by Gasteiger charge is 1.98. The van der Waals surface area contributed by atoms with Crippen molar-refractivity contribution in [2.24, 2.45) is 0 Å². The lowest BCUT2D eigenvalue weighted by atomic mass is 10.2. The van der Waals surface area contributed by atoms with E-state index in [0.29, 0.717) is 11.3 Å². The summed E-state index contributed by atoms with van der Waals surface area (Å²) in [5.41, 5.74) is 2.08. The van der Waals surface area contributed by atoms with Gasteiger partial charge in [-0.05, 0) is 42.0 Å². The van der Waals surface area contributed by atoms with Crippen molar-refractivity contribution in [3.8, 4) is 12.3 Å². The van der Waals surface area contributed by atoms with Gasteiger partial charge in [-0.1, -0.05) is 24.1 Å². The van der Waals surface area contributed by atoms with Gasteiger partial charge in [0.2, 0.25) is 5.91 Å². The molecule has 0 unspecified atom stereocenters. The van der Waals surface area contributed by atoms with Crippen LogP contribution < -0.4 is 5.32 Å². The monoisotopic (exact) mass is 265 g/mol. The second-order valence-corrected chi connectivity index (χ2v) is 4.10. The Morgan fingerprint density at radius 1 is 1.20 bits per heavy atom. The molecule has 0 fully saturated rings. The van der Waals surface area contributed by atoms with Gasteiger partial charge < -0.3 is 5.32 Å². The number of hydrogen-bond acceptors (Lipinski definition) is 1. The van der Waals surface area contributed by atoms with Crippen molar-refractivity contribution < 1.29 is 9.18 Å². The Labute approximate surface area is 116 Å². The first kappa shape index (κ1) is 13.6. The smallest absolute Gasteiger partial charge is 0.248 e. The molecule has 0 bridgehead atoms. The first-order chi connectivity index (χ1) is 9.67. The lowest BCUT2D eigenvalue weighted by Gasteiger charge is -2.02. The van der Waals surface area contributed by atoms with Crippen molar-refractivity contribution in [1.29, 1.82) is 0 Å². The van der Waals surface area contributed by atoms with E-state index in [-0.39, 0.29) is 11.7 Å². The minimum Gasteiger partial charge on any atom is -0.322 e. The molecule has 0 aromatic heterocycles. The molecule has 3 heteroatoms. The zero-order valence-electron chi connectivity index (χ0n) is 10.6. The van der Waals surface area contributed by atoms with Crippen LogP contribution in [-0.4, -0.2) is 5.91 Å². The van der Waals surface area contributed by atoms with Crippen LogP contribution >= 0.6 is 0 Å². The molecular formula is C17H12FNO. The third-order valence-corrected chi connectivity index (χ3v) is 2.59. The number of amides is 1. The van der Waals surface area contributed by atoms with Gasteiger partial charge in [-0.15, -0.1) is 6.42 Å². The highest BCUT2D eigenvalue weighted by Crippen LogP contribution is 2.10. The molecule has 98 valence electrons. The third kappa shape index (κ3) is 3.82. The number of hydrogen-bond donors (Lipinski definition) is 1. The van der Waals surface area contributed by atoms with Crippen molar-refractivity contribution >= 4 is 17.7 Å². The fourth-order valence-electron chi connectivity index (χ4n) is 1.62. The van der Waals surface area contributed by atoms with E-state index in [4.69, 9.17) is 6.42 Å². The molecule has 0 heterocycles. The number of carbonyl (C=O) groups excluding carboxylic acids is 1. The van der Waals surface area contributed by atoms with Gasteiger partial charge in [-0.3, -0.25) is 4.79 Å². The van der Waals surface area contributed by atoms with Crippen LogP contribution in [-0.2, 0) is 4.79 Å². The molecule has 0 saturated heterocycles. The number of nitrogens with one attached hydrogen (secondary N) is 1. The van der Waals surface area contributed by atoms with Crippen molar-refractivity contribution in [3.63, 3.8) is 0 Å². The summed E-state index contributed by atoms with van der Waals surface area (Å²) in [6.45, 7) is 0. The molecule has 2 nitrogen and oxygen atoms in total. The van der Waals surface area contributed by atoms with E-state index >= 15 is 0 Å². The molecular weight excluding hydrogens is 253 g/mol. The lowest BCUT2D eigenvalue weighted by Crippen LogP contribution is -2.07. The maximum absolute atomic E-state index is 12.7. The molecule has 2 aromatic carbocycles. The topological polar surface area (TPSA) is 29.1 Å². The van der Waals surface area contributed by atoms with Crippen molar-refractivity contribution in [2.45, 2.75) is 0 Å². The van der Waals surface area contributed by atoms with Crippen LogP contribution in [0.1, 0.15) is 11.1 Å². The minimum absolute atomic E-state index is 0.275. The summed E-state index contributed by atoms with van der Waals surface area (Å²) in [6.07, 6.45) is 8.28. The molecule has 0 spiro atoms. The molecule has 0 saturated carbocycles. The average Bonchev–Trinajstić information content (AvgIpc) is 2.47. The lowest BCUT2D eigenvalue weighted by molar-refractivity contribution is -0.111. The Hall–Kier alpha value is -2.86. The summed E-state index contributed by atoms with van der Waals surface area (Å²) >= 11 is 0. The highest BCUT2D eigenvalue weighted by atomic mass is 19.1. The normalized spacial score (nSPS) is 10.2. The SMILES string of the molecule is C#Cc1cccc(NC(=O)/C=C/c2ccc(F)cc2)c1. The Morgan fingerprint density at radius 2 is 1.95 bits per heavy atom. The van der Waals surface area contributed by atoms with E-state index in [2.05, 4.69) is 11.2 Å². The number of rotatable bonds is 3. The van der Waals surface area contributed by atoms with Crippen LogP contribution in [0.4, 0.5) is 10.1 Å². The van der Waals surface area contributed by atoms with E-state index in [0.717, 1.165) is 5.56 Å². The molecule has 2 aromatic rings. The number of carbonyl (C=O) groups is 1. The van der Waals surface area contributed by atoms with Gasteiger partial charge in [-0.2, -0.15) is 0 Å². The Bertz CT molecular complexity index is 681. The average molecular weight is 265 g/mol. The molecule has 0 radical (unpaired) electrons. The van der Waals surface area contributed by atoms with Gasteiger partial charge in [0, 0.05) is 17.3 Å². The highest BCUT2D eigenvalue weighted by molar-refractivity contribution is 6.01. The molecule has 1 amide bonds. The van der Waals surface area contributed by atoms with Crippen LogP contribution in [0.15, 0.2) is 54.6 Å². The van der Waals surface area contributed by atoms with E-state index in [9.17, 15) is 9.18 Å². The van der Waals surface area contributed by atoms with Crippen LogP contribution in [0.3, 0.4) is 0 Å². The second-order valence-electron chi connectivity index (χ2n) is 4.10. The third-order valence-electron chi connectivity index (χ3n) is 2.59. The van der Waals surface area contributed by atoms with Crippen molar-refractivity contribution in [2.75, 3.05) is 5.32 Å². The van der Waals surface area contributed by atoms with E-state index in [1.807, 2.05) is 0 Å². The number of benzene rings is 2. The first-order valence-electron chi connectivity index (χ1n) is 5.99. The second kappa shape index (κ2) is 6.35. The van der Waals surface area contributed by atoms with Crippen molar-refractivity contribution in [3.05, 3.63) is 71.6 Å². The summed E-state index contributed by atoms with van der Waals surface area (Å²) in [5.74, 6) is 1.92. The van der Waals surface area contributed by atoms with Gasteiger partial charge in [0.15, 0.2) is 0 Å². The Morgan fingerprint density at radius 3 is 2.65 bits per heavy atom. The predicted octanol–water partition coefficient (Wildman–Crippen LogP) is 3.46.